The summed E-state index contributed by atoms with van der Waals surface area (Å²) >= 11 is 0. The first-order valence-corrected chi connectivity index (χ1v) is 12.3. The van der Waals surface area contributed by atoms with Crippen LogP contribution in [0.5, 0.6) is 0 Å². The Kier molecular flexibility index (Phi) is 7.21. The van der Waals surface area contributed by atoms with Crippen molar-refractivity contribution in [3.8, 4) is 0 Å². The third kappa shape index (κ3) is 5.45. The van der Waals surface area contributed by atoms with Crippen molar-refractivity contribution in [3.05, 3.63) is 58.7 Å². The average molecular weight is 469 g/mol. The summed E-state index contributed by atoms with van der Waals surface area (Å²) in [7, 11) is -9.28. The number of benzene rings is 2. The molecule has 0 spiro atoms. The highest BCUT2D eigenvalue weighted by atomic mass is 32.2. The number of carbonyl (C=O) groups is 2. The lowest BCUT2D eigenvalue weighted by atomic mass is 9.84. The second-order valence-electron chi connectivity index (χ2n) is 7.44. The molecule has 0 saturated heterocycles. The normalized spacial score (nSPS) is 14.1. The van der Waals surface area contributed by atoms with Crippen molar-refractivity contribution >= 4 is 31.8 Å². The molecule has 2 rings (SSSR count). The second kappa shape index (κ2) is 8.99. The quantitative estimate of drug-likeness (QED) is 0.444. The number of Topliss-reactive ketones (excluding diaryl/α,β-unsaturated/α-hetero) is 2. The highest BCUT2D eigenvalue weighted by Crippen LogP contribution is 2.32. The van der Waals surface area contributed by atoms with Crippen molar-refractivity contribution in [1.82, 2.24) is 0 Å². The predicted octanol–water partition coefficient (Wildman–Crippen LogP) is 3.23. The largest absolute Gasteiger partial charge is 0.294 e. The number of carbonyl (C=O) groups excluding carboxylic acids is 2. The first-order valence-electron chi connectivity index (χ1n) is 9.42. The van der Waals surface area contributed by atoms with Crippen LogP contribution in [0.3, 0.4) is 0 Å². The van der Waals surface area contributed by atoms with E-state index in [2.05, 4.69) is 0 Å². The van der Waals surface area contributed by atoms with Gasteiger partial charge in [0.25, 0.3) is 20.2 Å². The molecule has 8 nitrogen and oxygen atoms in total. The summed E-state index contributed by atoms with van der Waals surface area (Å²) in [5.41, 5.74) is 1.21. The van der Waals surface area contributed by atoms with Gasteiger partial charge in [0.05, 0.1) is 15.7 Å². The van der Waals surface area contributed by atoms with E-state index in [-0.39, 0.29) is 17.5 Å². The lowest BCUT2D eigenvalue weighted by Gasteiger charge is -2.20. The summed E-state index contributed by atoms with van der Waals surface area (Å²) < 4.78 is 66.1. The van der Waals surface area contributed by atoms with Crippen molar-refractivity contribution in [3.63, 3.8) is 0 Å². The van der Waals surface area contributed by atoms with Crippen molar-refractivity contribution in [2.24, 2.45) is 0 Å². The van der Waals surface area contributed by atoms with Crippen molar-refractivity contribution in [1.29, 1.82) is 0 Å². The molecular formula is C21H24O8S2. The zero-order valence-electron chi connectivity index (χ0n) is 17.5. The zero-order chi connectivity index (χ0) is 23.7. The van der Waals surface area contributed by atoms with E-state index in [0.29, 0.717) is 11.1 Å². The number of hydrogen-bond donors (Lipinski definition) is 2. The lowest BCUT2D eigenvalue weighted by molar-refractivity contribution is -0.138. The van der Waals surface area contributed by atoms with E-state index in [1.807, 2.05) is 0 Å². The number of aryl methyl sites for hydroxylation is 2. The monoisotopic (exact) mass is 468 g/mol. The molecule has 2 unspecified atom stereocenters. The Morgan fingerprint density at radius 3 is 1.65 bits per heavy atom. The van der Waals surface area contributed by atoms with E-state index in [1.54, 1.807) is 20.8 Å². The zero-order valence-corrected chi connectivity index (χ0v) is 19.1. The van der Waals surface area contributed by atoms with Gasteiger partial charge in [0.15, 0.2) is 0 Å². The third-order valence-electron chi connectivity index (χ3n) is 5.09. The molecule has 10 heteroatoms. The molecule has 31 heavy (non-hydrogen) atoms. The van der Waals surface area contributed by atoms with Crippen LogP contribution in [-0.4, -0.2) is 37.5 Å². The first-order chi connectivity index (χ1) is 14.2. The van der Waals surface area contributed by atoms with E-state index in [9.17, 15) is 35.5 Å². The van der Waals surface area contributed by atoms with Gasteiger partial charge in [-0.05, 0) is 43.5 Å². The molecule has 168 valence electrons. The fraction of sp³-hybridized carbons (Fsp3) is 0.333. The van der Waals surface area contributed by atoms with Crippen LogP contribution in [-0.2, 0) is 29.8 Å². The maximum atomic E-state index is 13.1. The minimum atomic E-state index is -4.64. The number of hydrogen-bond acceptors (Lipinski definition) is 6. The van der Waals surface area contributed by atoms with Crippen LogP contribution >= 0.6 is 0 Å². The fourth-order valence-electron chi connectivity index (χ4n) is 3.49. The highest BCUT2D eigenvalue weighted by molar-refractivity contribution is 7.86. The Morgan fingerprint density at radius 2 is 1.23 bits per heavy atom. The molecule has 0 aliphatic heterocycles. The summed E-state index contributed by atoms with van der Waals surface area (Å²) in [6.07, 6.45) is 0.0717. The molecule has 0 saturated carbocycles. The molecule has 0 aliphatic rings. The van der Waals surface area contributed by atoms with Crippen LogP contribution < -0.4 is 0 Å². The van der Waals surface area contributed by atoms with Crippen LogP contribution in [0, 0.1) is 13.8 Å². The molecule has 0 fully saturated rings. The summed E-state index contributed by atoms with van der Waals surface area (Å²) in [6.45, 7) is 6.27. The maximum absolute atomic E-state index is 13.1. The summed E-state index contributed by atoms with van der Waals surface area (Å²) in [5, 5.41) is 0. The van der Waals surface area contributed by atoms with E-state index in [4.69, 9.17) is 0 Å². The molecule has 0 aliphatic carbocycles. The molecule has 0 radical (unpaired) electrons. The molecule has 0 heterocycles. The maximum Gasteiger partial charge on any atom is 0.294 e. The Balaban J connectivity index is 2.56. The average Bonchev–Trinajstić information content (AvgIpc) is 2.65. The minimum Gasteiger partial charge on any atom is -0.290 e. The van der Waals surface area contributed by atoms with E-state index >= 15 is 0 Å². The molecule has 0 aromatic heterocycles. The Bertz CT molecular complexity index is 1240. The third-order valence-corrected chi connectivity index (χ3v) is 6.94. The van der Waals surface area contributed by atoms with Gasteiger partial charge >= 0.3 is 0 Å². The van der Waals surface area contributed by atoms with Crippen molar-refractivity contribution in [2.75, 3.05) is 0 Å². The van der Waals surface area contributed by atoms with Crippen LogP contribution in [0.4, 0.5) is 0 Å². The predicted molar refractivity (Wildman–Crippen MR) is 113 cm³/mol. The molecule has 2 N–H and O–H groups in total. The van der Waals surface area contributed by atoms with Gasteiger partial charge in [-0.1, -0.05) is 49.2 Å². The molecule has 0 amide bonds. The van der Waals surface area contributed by atoms with Crippen LogP contribution in [0.1, 0.15) is 54.4 Å². The first kappa shape index (κ1) is 24.9. The van der Waals surface area contributed by atoms with Crippen LogP contribution in [0.2, 0.25) is 0 Å². The molecular weight excluding hydrogens is 444 g/mol. The SMILES string of the molecule is CCC(C(=O)C(=O)C(C)c1cc(C)ccc1S(=O)(=O)O)c1cc(C)ccc1S(=O)(=O)O. The molecule has 2 atom stereocenters. The standard InChI is InChI=1S/C21H24O8S2/c1-5-15(17-11-13(3)7-9-19(17)31(27,28)29)21(23)20(22)14(4)16-10-12(2)6-8-18(16)30(24,25)26/h6-11,14-15H,5H2,1-4H3,(H,24,25,26)(H,27,28,29). The molecule has 2 aromatic carbocycles. The summed E-state index contributed by atoms with van der Waals surface area (Å²) in [4.78, 5) is 25.2. The van der Waals surface area contributed by atoms with Crippen molar-refractivity contribution in [2.45, 2.75) is 55.7 Å². The lowest BCUT2D eigenvalue weighted by Crippen LogP contribution is -2.28. The van der Waals surface area contributed by atoms with Gasteiger partial charge in [0.2, 0.25) is 11.6 Å². The van der Waals surface area contributed by atoms with E-state index < -0.39 is 53.4 Å². The highest BCUT2D eigenvalue weighted by Gasteiger charge is 2.34. The summed E-state index contributed by atoms with van der Waals surface area (Å²) in [5.74, 6) is -4.23. The number of rotatable bonds is 8. The van der Waals surface area contributed by atoms with Gasteiger partial charge in [-0.25, -0.2) is 0 Å². The molecule has 2 aromatic rings. The Hall–Kier alpha value is -2.40. The van der Waals surface area contributed by atoms with Gasteiger partial charge in [-0.15, -0.1) is 0 Å². The topological polar surface area (TPSA) is 143 Å². The van der Waals surface area contributed by atoms with Crippen LogP contribution in [0.25, 0.3) is 0 Å². The van der Waals surface area contributed by atoms with Gasteiger partial charge in [0.1, 0.15) is 0 Å². The summed E-state index contributed by atoms with van der Waals surface area (Å²) in [6, 6.07) is 8.05. The van der Waals surface area contributed by atoms with Gasteiger partial charge in [0, 0.05) is 5.92 Å². The van der Waals surface area contributed by atoms with Gasteiger partial charge in [-0.3, -0.25) is 18.7 Å². The van der Waals surface area contributed by atoms with E-state index in [1.165, 1.54) is 37.3 Å². The van der Waals surface area contributed by atoms with Crippen molar-refractivity contribution < 1.29 is 35.5 Å². The fourth-order valence-corrected chi connectivity index (χ4v) is 5.00. The number of ketones is 2. The second-order valence-corrected chi connectivity index (χ2v) is 10.2. The van der Waals surface area contributed by atoms with Gasteiger partial charge in [-0.2, -0.15) is 16.8 Å². The minimum absolute atomic E-state index is 0.00482. The van der Waals surface area contributed by atoms with Crippen LogP contribution in [0.15, 0.2) is 46.2 Å². The smallest absolute Gasteiger partial charge is 0.290 e. The van der Waals surface area contributed by atoms with E-state index in [0.717, 1.165) is 6.07 Å². The Morgan fingerprint density at radius 1 is 0.806 bits per heavy atom. The Labute approximate surface area is 181 Å². The molecule has 0 bridgehead atoms. The van der Waals surface area contributed by atoms with Gasteiger partial charge < -0.3 is 0 Å².